The molecule has 0 bridgehead atoms. The summed E-state index contributed by atoms with van der Waals surface area (Å²) < 4.78 is 0. The molecule has 0 aliphatic heterocycles. The van der Waals surface area contributed by atoms with Gasteiger partial charge in [-0.15, -0.1) is 0 Å². The fourth-order valence-corrected chi connectivity index (χ4v) is 0.429. The predicted octanol–water partition coefficient (Wildman–Crippen LogP) is 2.98. The molecular weight excluding hydrogens is 156 g/mol. The van der Waals surface area contributed by atoms with E-state index in [1.54, 1.807) is 0 Å². The second-order valence-corrected chi connectivity index (χ2v) is 1.33. The van der Waals surface area contributed by atoms with Crippen molar-refractivity contribution in [3.63, 3.8) is 0 Å². The summed E-state index contributed by atoms with van der Waals surface area (Å²) >= 11 is 0. The first-order valence-electron chi connectivity index (χ1n) is 4.08. The second-order valence-electron chi connectivity index (χ2n) is 1.33. The summed E-state index contributed by atoms with van der Waals surface area (Å²) in [7, 11) is 0. The van der Waals surface area contributed by atoms with Crippen molar-refractivity contribution in [3.05, 3.63) is 28.6 Å². The van der Waals surface area contributed by atoms with Gasteiger partial charge < -0.3 is 4.98 Å². The highest BCUT2D eigenvalue weighted by molar-refractivity contribution is 5.23. The van der Waals surface area contributed by atoms with Crippen molar-refractivity contribution in [2.24, 2.45) is 0 Å². The Balaban J connectivity index is 0. The van der Waals surface area contributed by atoms with Crippen LogP contribution in [0.3, 0.4) is 0 Å². The molecule has 12 heavy (non-hydrogen) atoms. The van der Waals surface area contributed by atoms with E-state index in [4.69, 9.17) is 0 Å². The van der Waals surface area contributed by atoms with E-state index < -0.39 is 4.92 Å². The maximum Gasteiger partial charge on any atom is 0.286 e. The zero-order valence-electron chi connectivity index (χ0n) is 8.00. The first-order valence-corrected chi connectivity index (χ1v) is 4.08. The Hall–Kier alpha value is -1.32. The quantitative estimate of drug-likeness (QED) is 0.523. The van der Waals surface area contributed by atoms with Crippen LogP contribution in [0.5, 0.6) is 0 Å². The lowest BCUT2D eigenvalue weighted by Gasteiger charge is -1.77. The third-order valence-electron chi connectivity index (χ3n) is 0.792. The maximum atomic E-state index is 9.85. The van der Waals surface area contributed by atoms with Gasteiger partial charge in [0.25, 0.3) is 5.69 Å². The predicted molar refractivity (Wildman–Crippen MR) is 50.1 cm³/mol. The minimum absolute atomic E-state index is 0.102. The number of rotatable bonds is 1. The zero-order chi connectivity index (χ0) is 9.98. The number of nitrogens with zero attached hydrogens (tertiary/aromatic N) is 1. The van der Waals surface area contributed by atoms with E-state index in [1.807, 2.05) is 27.7 Å². The number of aromatic amines is 1. The molecule has 1 N–H and O–H groups in total. The van der Waals surface area contributed by atoms with Crippen molar-refractivity contribution in [3.8, 4) is 0 Å². The number of aromatic nitrogens is 1. The monoisotopic (exact) mass is 172 g/mol. The van der Waals surface area contributed by atoms with Gasteiger partial charge in [0, 0.05) is 12.3 Å². The van der Waals surface area contributed by atoms with Gasteiger partial charge >= 0.3 is 0 Å². The fraction of sp³-hybridized carbons (Fsp3) is 0.500. The highest BCUT2D eigenvalue weighted by Crippen LogP contribution is 2.05. The van der Waals surface area contributed by atoms with Gasteiger partial charge in [-0.05, 0) is 0 Å². The zero-order valence-corrected chi connectivity index (χ0v) is 8.00. The SMILES string of the molecule is CC.CC.O=[N+]([O-])c1cc[nH]c1. The molecule has 0 spiro atoms. The van der Waals surface area contributed by atoms with Crippen LogP contribution in [0.25, 0.3) is 0 Å². The molecule has 0 unspecified atom stereocenters. The van der Waals surface area contributed by atoms with E-state index in [0.717, 1.165) is 0 Å². The van der Waals surface area contributed by atoms with Crippen LogP contribution < -0.4 is 0 Å². The van der Waals surface area contributed by atoms with E-state index in [9.17, 15) is 10.1 Å². The highest BCUT2D eigenvalue weighted by atomic mass is 16.6. The van der Waals surface area contributed by atoms with E-state index in [1.165, 1.54) is 18.5 Å². The first-order chi connectivity index (χ1) is 5.80. The number of nitrogens with one attached hydrogen (secondary N) is 1. The van der Waals surface area contributed by atoms with Crippen LogP contribution in [-0.2, 0) is 0 Å². The third-order valence-corrected chi connectivity index (χ3v) is 0.792. The summed E-state index contributed by atoms with van der Waals surface area (Å²) in [6.07, 6.45) is 2.85. The van der Waals surface area contributed by atoms with Gasteiger partial charge in [0.1, 0.15) is 0 Å². The van der Waals surface area contributed by atoms with E-state index in [-0.39, 0.29) is 5.69 Å². The van der Waals surface area contributed by atoms with Crippen molar-refractivity contribution in [1.29, 1.82) is 0 Å². The minimum atomic E-state index is -0.448. The van der Waals surface area contributed by atoms with Gasteiger partial charge in [0.05, 0.1) is 11.1 Å². The number of H-pyrrole nitrogens is 1. The summed E-state index contributed by atoms with van der Waals surface area (Å²) in [6, 6.07) is 1.40. The van der Waals surface area contributed by atoms with Crippen LogP contribution >= 0.6 is 0 Å². The molecule has 0 amide bonds. The largest absolute Gasteiger partial charge is 0.362 e. The maximum absolute atomic E-state index is 9.85. The van der Waals surface area contributed by atoms with Crippen LogP contribution in [-0.4, -0.2) is 9.91 Å². The Morgan fingerprint density at radius 2 is 1.83 bits per heavy atom. The smallest absolute Gasteiger partial charge is 0.286 e. The average molecular weight is 172 g/mol. The molecule has 1 aromatic heterocycles. The van der Waals surface area contributed by atoms with E-state index in [0.29, 0.717) is 0 Å². The molecule has 0 fully saturated rings. The van der Waals surface area contributed by atoms with E-state index in [2.05, 4.69) is 4.98 Å². The summed E-state index contributed by atoms with van der Waals surface area (Å²) in [4.78, 5) is 12.0. The molecule has 0 saturated carbocycles. The number of hydrogen-bond acceptors (Lipinski definition) is 2. The molecular formula is C8H16N2O2. The lowest BCUT2D eigenvalue weighted by molar-refractivity contribution is -0.384. The van der Waals surface area contributed by atoms with Crippen molar-refractivity contribution in [2.45, 2.75) is 27.7 Å². The molecule has 0 atom stereocenters. The molecule has 1 aromatic rings. The van der Waals surface area contributed by atoms with Gasteiger partial charge in [-0.3, -0.25) is 10.1 Å². The number of nitro groups is 1. The Bertz CT molecular complexity index is 183. The first kappa shape index (κ1) is 13.3. The number of hydrogen-bond donors (Lipinski definition) is 1. The topological polar surface area (TPSA) is 58.9 Å². The molecule has 0 saturated heterocycles. The van der Waals surface area contributed by atoms with Crippen molar-refractivity contribution >= 4 is 5.69 Å². The second kappa shape index (κ2) is 9.68. The van der Waals surface area contributed by atoms with Gasteiger partial charge in [-0.25, -0.2) is 0 Å². The minimum Gasteiger partial charge on any atom is -0.362 e. The summed E-state index contributed by atoms with van der Waals surface area (Å²) in [5.41, 5.74) is 0.102. The van der Waals surface area contributed by atoms with Gasteiger partial charge in [0.15, 0.2) is 0 Å². The summed E-state index contributed by atoms with van der Waals surface area (Å²) in [5, 5.41) is 9.85. The molecule has 70 valence electrons. The van der Waals surface area contributed by atoms with Crippen molar-refractivity contribution < 1.29 is 4.92 Å². The third kappa shape index (κ3) is 5.46. The van der Waals surface area contributed by atoms with Gasteiger partial charge in [-0.1, -0.05) is 27.7 Å². The lowest BCUT2D eigenvalue weighted by Crippen LogP contribution is -1.82. The van der Waals surface area contributed by atoms with Crippen LogP contribution in [0, 0.1) is 10.1 Å². The van der Waals surface area contributed by atoms with E-state index >= 15 is 0 Å². The van der Waals surface area contributed by atoms with Crippen LogP contribution in [0.15, 0.2) is 18.5 Å². The Labute approximate surface area is 72.8 Å². The van der Waals surface area contributed by atoms with Crippen LogP contribution in [0.1, 0.15) is 27.7 Å². The fourth-order valence-electron chi connectivity index (χ4n) is 0.429. The molecule has 4 nitrogen and oxygen atoms in total. The molecule has 1 heterocycles. The summed E-state index contributed by atoms with van der Waals surface area (Å²) in [6.45, 7) is 8.00. The Morgan fingerprint density at radius 1 is 1.33 bits per heavy atom. The highest BCUT2D eigenvalue weighted by Gasteiger charge is 2.00. The normalized spacial score (nSPS) is 7.00. The average Bonchev–Trinajstić information content (AvgIpc) is 2.64. The standard InChI is InChI=1S/C4H4N2O2.2C2H6/c7-6(8)4-1-2-5-3-4;2*1-2/h1-3,5H;2*1-2H3. The van der Waals surface area contributed by atoms with Crippen LogP contribution in [0.2, 0.25) is 0 Å². The molecule has 0 aliphatic rings. The molecule has 0 radical (unpaired) electrons. The van der Waals surface area contributed by atoms with Crippen molar-refractivity contribution in [2.75, 3.05) is 0 Å². The van der Waals surface area contributed by atoms with Gasteiger partial charge in [-0.2, -0.15) is 0 Å². The molecule has 1 rings (SSSR count). The van der Waals surface area contributed by atoms with Crippen LogP contribution in [0.4, 0.5) is 5.69 Å². The van der Waals surface area contributed by atoms with Crippen molar-refractivity contribution in [1.82, 2.24) is 4.98 Å². The summed E-state index contributed by atoms with van der Waals surface area (Å²) in [5.74, 6) is 0. The lowest BCUT2D eigenvalue weighted by atomic mass is 10.6. The molecule has 0 aromatic carbocycles. The Morgan fingerprint density at radius 3 is 2.00 bits per heavy atom. The molecule has 4 heteroatoms. The molecule has 0 aliphatic carbocycles. The van der Waals surface area contributed by atoms with Gasteiger partial charge in [0.2, 0.25) is 0 Å². The Kier molecular flexibility index (Phi) is 10.7.